The highest BCUT2D eigenvalue weighted by Crippen LogP contribution is 2.52. The van der Waals surface area contributed by atoms with E-state index in [1.165, 1.54) is 6.26 Å². The summed E-state index contributed by atoms with van der Waals surface area (Å²) in [7, 11) is -1.25. The maximum absolute atomic E-state index is 11.0. The molecule has 0 aromatic rings. The van der Waals surface area contributed by atoms with Crippen molar-refractivity contribution in [3.05, 3.63) is 0 Å². The van der Waals surface area contributed by atoms with Crippen LogP contribution >= 0.6 is 0 Å². The average molecular weight is 207 g/mol. The Labute approximate surface area is 79.4 Å². The predicted molar refractivity (Wildman–Crippen MR) is 51.2 cm³/mol. The number of sulfone groups is 1. The molecule has 0 aromatic heterocycles. The summed E-state index contributed by atoms with van der Waals surface area (Å²) in [6.45, 7) is 1.09. The lowest BCUT2D eigenvalue weighted by atomic mass is 10.1. The highest BCUT2D eigenvalue weighted by Gasteiger charge is 2.53. The molecule has 78 valence electrons. The normalized spacial score (nSPS) is 33.3. The van der Waals surface area contributed by atoms with Gasteiger partial charge in [0.1, 0.15) is 9.84 Å². The molecule has 1 fully saturated rings. The molecule has 2 N–H and O–H groups in total. The summed E-state index contributed by atoms with van der Waals surface area (Å²) < 4.78 is 27.0. The van der Waals surface area contributed by atoms with E-state index in [2.05, 4.69) is 0 Å². The summed E-state index contributed by atoms with van der Waals surface area (Å²) in [5, 5.41) is 0. The number of hydrogen-bond acceptors (Lipinski definition) is 4. The van der Waals surface area contributed by atoms with Crippen LogP contribution in [-0.2, 0) is 14.6 Å². The van der Waals surface area contributed by atoms with E-state index >= 15 is 0 Å². The van der Waals surface area contributed by atoms with Crippen LogP contribution in [0.2, 0.25) is 0 Å². The Morgan fingerprint density at radius 2 is 2.23 bits per heavy atom. The van der Waals surface area contributed by atoms with Gasteiger partial charge in [0.05, 0.1) is 12.4 Å². The molecule has 0 bridgehead atoms. The molecule has 1 aliphatic carbocycles. The number of methoxy groups -OCH3 is 1. The van der Waals surface area contributed by atoms with Crippen molar-refractivity contribution < 1.29 is 13.2 Å². The molecular weight excluding hydrogens is 190 g/mol. The third-order valence-electron chi connectivity index (χ3n) is 2.70. The molecule has 0 heterocycles. The molecule has 0 amide bonds. The monoisotopic (exact) mass is 207 g/mol. The van der Waals surface area contributed by atoms with Crippen molar-refractivity contribution in [1.29, 1.82) is 0 Å². The van der Waals surface area contributed by atoms with Gasteiger partial charge in [-0.25, -0.2) is 8.42 Å². The van der Waals surface area contributed by atoms with Crippen molar-refractivity contribution in [3.8, 4) is 0 Å². The largest absolute Gasteiger partial charge is 0.384 e. The summed E-state index contributed by atoms with van der Waals surface area (Å²) in [5.41, 5.74) is 5.53. The molecule has 2 atom stereocenters. The maximum Gasteiger partial charge on any atom is 0.147 e. The highest BCUT2D eigenvalue weighted by molar-refractivity contribution is 7.90. The van der Waals surface area contributed by atoms with Gasteiger partial charge in [0.15, 0.2) is 0 Å². The number of ether oxygens (including phenoxy) is 1. The Morgan fingerprint density at radius 1 is 1.62 bits per heavy atom. The van der Waals surface area contributed by atoms with Crippen LogP contribution in [0.3, 0.4) is 0 Å². The zero-order valence-electron chi connectivity index (χ0n) is 8.12. The van der Waals surface area contributed by atoms with Crippen molar-refractivity contribution >= 4 is 9.84 Å². The number of nitrogens with two attached hydrogens (primary N) is 1. The Kier molecular flexibility index (Phi) is 2.99. The molecule has 4 nitrogen and oxygen atoms in total. The van der Waals surface area contributed by atoms with Crippen LogP contribution in [-0.4, -0.2) is 40.7 Å². The second-order valence-corrected chi connectivity index (χ2v) is 6.18. The van der Waals surface area contributed by atoms with Gasteiger partial charge in [0.25, 0.3) is 0 Å². The van der Waals surface area contributed by atoms with E-state index in [9.17, 15) is 8.42 Å². The lowest BCUT2D eigenvalue weighted by Gasteiger charge is -2.12. The fourth-order valence-electron chi connectivity index (χ4n) is 1.81. The van der Waals surface area contributed by atoms with Crippen LogP contribution in [0.4, 0.5) is 0 Å². The molecule has 0 radical (unpaired) electrons. The molecule has 0 aromatic carbocycles. The Hall–Kier alpha value is -0.130. The van der Waals surface area contributed by atoms with Crippen LogP contribution in [0.5, 0.6) is 0 Å². The van der Waals surface area contributed by atoms with Crippen LogP contribution in [0.1, 0.15) is 6.42 Å². The fourth-order valence-corrected chi connectivity index (χ4v) is 3.01. The number of hydrogen-bond donors (Lipinski definition) is 1. The summed E-state index contributed by atoms with van der Waals surface area (Å²) in [6, 6.07) is 0. The summed E-state index contributed by atoms with van der Waals surface area (Å²) in [6.07, 6.45) is 2.14. The van der Waals surface area contributed by atoms with E-state index in [0.29, 0.717) is 13.2 Å². The smallest absolute Gasteiger partial charge is 0.147 e. The first-order valence-electron chi connectivity index (χ1n) is 4.30. The van der Waals surface area contributed by atoms with Crippen LogP contribution in [0.15, 0.2) is 0 Å². The first-order valence-corrected chi connectivity index (χ1v) is 6.36. The van der Waals surface area contributed by atoms with E-state index in [4.69, 9.17) is 10.5 Å². The molecular formula is C8H17NO3S. The summed E-state index contributed by atoms with van der Waals surface area (Å²) >= 11 is 0. The summed E-state index contributed by atoms with van der Waals surface area (Å²) in [5.74, 6) is 0.445. The highest BCUT2D eigenvalue weighted by atomic mass is 32.2. The molecule has 0 aliphatic heterocycles. The van der Waals surface area contributed by atoms with Crippen LogP contribution in [0.25, 0.3) is 0 Å². The molecule has 0 spiro atoms. The zero-order chi connectivity index (χ0) is 10.1. The van der Waals surface area contributed by atoms with Crippen molar-refractivity contribution in [2.75, 3.05) is 32.3 Å². The van der Waals surface area contributed by atoms with Crippen molar-refractivity contribution in [1.82, 2.24) is 0 Å². The van der Waals surface area contributed by atoms with E-state index in [1.807, 2.05) is 0 Å². The zero-order valence-corrected chi connectivity index (χ0v) is 8.93. The van der Waals surface area contributed by atoms with Crippen LogP contribution in [0, 0.1) is 11.3 Å². The third-order valence-corrected chi connectivity index (χ3v) is 3.71. The van der Waals surface area contributed by atoms with Gasteiger partial charge in [0, 0.05) is 25.3 Å². The minimum atomic E-state index is -2.87. The number of rotatable bonds is 5. The van der Waals surface area contributed by atoms with E-state index in [1.54, 1.807) is 7.11 Å². The van der Waals surface area contributed by atoms with Crippen molar-refractivity contribution in [2.45, 2.75) is 6.42 Å². The average Bonchev–Trinajstić information content (AvgIpc) is 2.61. The topological polar surface area (TPSA) is 69.4 Å². The Bertz CT molecular complexity index is 275. The van der Waals surface area contributed by atoms with Gasteiger partial charge in [-0.1, -0.05) is 0 Å². The predicted octanol–water partition coefficient (Wildman–Crippen LogP) is -0.358. The Balaban J connectivity index is 2.51. The third kappa shape index (κ3) is 2.65. The van der Waals surface area contributed by atoms with Gasteiger partial charge in [0.2, 0.25) is 0 Å². The van der Waals surface area contributed by atoms with Gasteiger partial charge in [-0.05, 0) is 12.3 Å². The molecule has 1 saturated carbocycles. The minimum absolute atomic E-state index is 0.0577. The standard InChI is InChI=1S/C8H17NO3S/c1-12-6-8(5-9)3-7(8)4-13(2,10)11/h7H,3-6,9H2,1-2H3/t7-,8+/m0/s1. The van der Waals surface area contributed by atoms with Gasteiger partial charge < -0.3 is 10.5 Å². The molecule has 13 heavy (non-hydrogen) atoms. The van der Waals surface area contributed by atoms with E-state index in [0.717, 1.165) is 6.42 Å². The van der Waals surface area contributed by atoms with Gasteiger partial charge >= 0.3 is 0 Å². The van der Waals surface area contributed by atoms with Gasteiger partial charge in [-0.15, -0.1) is 0 Å². The fraction of sp³-hybridized carbons (Fsp3) is 1.00. The summed E-state index contributed by atoms with van der Waals surface area (Å²) in [4.78, 5) is 0. The first-order chi connectivity index (χ1) is 5.93. The lowest BCUT2D eigenvalue weighted by molar-refractivity contribution is 0.138. The quantitative estimate of drug-likeness (QED) is 0.668. The van der Waals surface area contributed by atoms with Crippen molar-refractivity contribution in [2.24, 2.45) is 17.1 Å². The van der Waals surface area contributed by atoms with E-state index < -0.39 is 9.84 Å². The molecule has 0 unspecified atom stereocenters. The second-order valence-electron chi connectivity index (χ2n) is 3.99. The molecule has 1 rings (SSSR count). The SMILES string of the molecule is COC[C@]1(CN)C[C@H]1CS(C)(=O)=O. The molecule has 0 saturated heterocycles. The lowest BCUT2D eigenvalue weighted by Crippen LogP contribution is -2.25. The van der Waals surface area contributed by atoms with Gasteiger partial charge in [-0.2, -0.15) is 0 Å². The first kappa shape index (κ1) is 10.9. The minimum Gasteiger partial charge on any atom is -0.384 e. The van der Waals surface area contributed by atoms with Crippen molar-refractivity contribution in [3.63, 3.8) is 0 Å². The second kappa shape index (κ2) is 3.55. The Morgan fingerprint density at radius 3 is 2.62 bits per heavy atom. The van der Waals surface area contributed by atoms with Crippen LogP contribution < -0.4 is 5.73 Å². The molecule has 5 heteroatoms. The van der Waals surface area contributed by atoms with E-state index in [-0.39, 0.29) is 17.1 Å². The molecule has 1 aliphatic rings. The van der Waals surface area contributed by atoms with Gasteiger partial charge in [-0.3, -0.25) is 0 Å². The maximum atomic E-state index is 11.0.